The summed E-state index contributed by atoms with van der Waals surface area (Å²) >= 11 is 6.01. The van der Waals surface area contributed by atoms with Gasteiger partial charge in [-0.3, -0.25) is 0 Å². The maximum absolute atomic E-state index is 11.8. The van der Waals surface area contributed by atoms with E-state index in [0.717, 1.165) is 5.56 Å². The number of rotatable bonds is 7. The molecule has 0 saturated heterocycles. The van der Waals surface area contributed by atoms with Gasteiger partial charge < -0.3 is 14.8 Å². The fourth-order valence-electron chi connectivity index (χ4n) is 1.45. The van der Waals surface area contributed by atoms with E-state index in [-0.39, 0.29) is 6.61 Å². The maximum atomic E-state index is 11.8. The third-order valence-electron chi connectivity index (χ3n) is 2.29. The van der Waals surface area contributed by atoms with Gasteiger partial charge in [-0.15, -0.1) is 0 Å². The highest BCUT2D eigenvalue weighted by Crippen LogP contribution is 2.25. The molecule has 0 saturated carbocycles. The first-order valence-corrected chi connectivity index (χ1v) is 5.98. The Hall–Kier alpha value is -0.980. The standard InChI is InChI=1S/C12H15ClF3NO2/c1-18-11-4-2-3-10(13)9(11)7-17-5-6-19-8-12(14,15)16/h2-4,17H,5-8H2,1H3. The molecule has 0 radical (unpaired) electrons. The third-order valence-corrected chi connectivity index (χ3v) is 2.64. The predicted molar refractivity (Wildman–Crippen MR) is 66.6 cm³/mol. The number of hydrogen-bond donors (Lipinski definition) is 1. The predicted octanol–water partition coefficient (Wildman–Crippen LogP) is 3.02. The minimum atomic E-state index is -4.29. The first-order chi connectivity index (χ1) is 8.94. The number of benzene rings is 1. The smallest absolute Gasteiger partial charge is 0.411 e. The molecule has 19 heavy (non-hydrogen) atoms. The van der Waals surface area contributed by atoms with Crippen molar-refractivity contribution < 1.29 is 22.6 Å². The van der Waals surface area contributed by atoms with Crippen LogP contribution in [0, 0.1) is 0 Å². The average molecular weight is 298 g/mol. The molecule has 0 aliphatic rings. The van der Waals surface area contributed by atoms with Crippen LogP contribution in [0.25, 0.3) is 0 Å². The van der Waals surface area contributed by atoms with Crippen molar-refractivity contribution in [3.63, 3.8) is 0 Å². The SMILES string of the molecule is COc1cccc(Cl)c1CNCCOCC(F)(F)F. The van der Waals surface area contributed by atoms with Gasteiger partial charge in [0.2, 0.25) is 0 Å². The molecule has 7 heteroatoms. The number of ether oxygens (including phenoxy) is 2. The molecule has 0 aliphatic carbocycles. The molecule has 0 spiro atoms. The van der Waals surface area contributed by atoms with Gasteiger partial charge in [0.1, 0.15) is 12.4 Å². The monoisotopic (exact) mass is 297 g/mol. The summed E-state index contributed by atoms with van der Waals surface area (Å²) < 4.78 is 45.0. The zero-order valence-corrected chi connectivity index (χ0v) is 11.1. The molecule has 0 amide bonds. The lowest BCUT2D eigenvalue weighted by Gasteiger charge is -2.12. The maximum Gasteiger partial charge on any atom is 0.411 e. The van der Waals surface area contributed by atoms with Crippen molar-refractivity contribution in [3.8, 4) is 5.75 Å². The number of nitrogens with one attached hydrogen (secondary N) is 1. The van der Waals surface area contributed by atoms with E-state index in [9.17, 15) is 13.2 Å². The molecule has 1 aromatic rings. The second-order valence-electron chi connectivity index (χ2n) is 3.77. The van der Waals surface area contributed by atoms with Crippen molar-refractivity contribution in [1.82, 2.24) is 5.32 Å². The van der Waals surface area contributed by atoms with Crippen LogP contribution in [-0.2, 0) is 11.3 Å². The van der Waals surface area contributed by atoms with Gasteiger partial charge >= 0.3 is 6.18 Å². The summed E-state index contributed by atoms with van der Waals surface area (Å²) in [7, 11) is 1.53. The topological polar surface area (TPSA) is 30.5 Å². The van der Waals surface area contributed by atoms with Crippen molar-refractivity contribution in [3.05, 3.63) is 28.8 Å². The average Bonchev–Trinajstić information content (AvgIpc) is 2.33. The van der Waals surface area contributed by atoms with Gasteiger partial charge in [0.15, 0.2) is 0 Å². The molecule has 108 valence electrons. The van der Waals surface area contributed by atoms with Crippen molar-refractivity contribution in [2.24, 2.45) is 0 Å². The molecule has 1 aromatic carbocycles. The van der Waals surface area contributed by atoms with Crippen molar-refractivity contribution >= 4 is 11.6 Å². The van der Waals surface area contributed by atoms with Gasteiger partial charge in [0.05, 0.1) is 13.7 Å². The van der Waals surface area contributed by atoms with E-state index < -0.39 is 12.8 Å². The minimum Gasteiger partial charge on any atom is -0.496 e. The lowest BCUT2D eigenvalue weighted by molar-refractivity contribution is -0.173. The fraction of sp³-hybridized carbons (Fsp3) is 0.500. The van der Waals surface area contributed by atoms with Crippen molar-refractivity contribution in [1.29, 1.82) is 0 Å². The summed E-state index contributed by atoms with van der Waals surface area (Å²) in [6.45, 7) is -0.556. The quantitative estimate of drug-likeness (QED) is 0.785. The Morgan fingerprint density at radius 1 is 1.32 bits per heavy atom. The van der Waals surface area contributed by atoms with E-state index in [2.05, 4.69) is 10.1 Å². The first-order valence-electron chi connectivity index (χ1n) is 5.60. The van der Waals surface area contributed by atoms with Gasteiger partial charge in [-0.1, -0.05) is 17.7 Å². The van der Waals surface area contributed by atoms with Gasteiger partial charge in [-0.25, -0.2) is 0 Å². The molecule has 1 N–H and O–H groups in total. The number of methoxy groups -OCH3 is 1. The fourth-order valence-corrected chi connectivity index (χ4v) is 1.68. The highest BCUT2D eigenvalue weighted by Gasteiger charge is 2.27. The van der Waals surface area contributed by atoms with Crippen LogP contribution in [0.15, 0.2) is 18.2 Å². The molecule has 0 atom stereocenters. The lowest BCUT2D eigenvalue weighted by atomic mass is 10.2. The number of halogens is 4. The molecule has 0 aliphatic heterocycles. The van der Waals surface area contributed by atoms with Crippen LogP contribution in [0.3, 0.4) is 0 Å². The molecule has 0 fully saturated rings. The van der Waals surface area contributed by atoms with Gasteiger partial charge in [0, 0.05) is 23.7 Å². The minimum absolute atomic E-state index is 0.0215. The molecule has 0 heterocycles. The normalized spacial score (nSPS) is 11.6. The largest absolute Gasteiger partial charge is 0.496 e. The van der Waals surface area contributed by atoms with E-state index in [0.29, 0.717) is 23.9 Å². The molecule has 3 nitrogen and oxygen atoms in total. The van der Waals surface area contributed by atoms with Gasteiger partial charge in [-0.05, 0) is 12.1 Å². The second kappa shape index (κ2) is 7.57. The summed E-state index contributed by atoms with van der Waals surface area (Å²) in [5, 5.41) is 3.49. The summed E-state index contributed by atoms with van der Waals surface area (Å²) in [5.41, 5.74) is 0.766. The Labute approximate surface area is 114 Å². The second-order valence-corrected chi connectivity index (χ2v) is 4.17. The van der Waals surface area contributed by atoms with E-state index in [1.807, 2.05) is 0 Å². The number of hydrogen-bond acceptors (Lipinski definition) is 3. The summed E-state index contributed by atoms with van der Waals surface area (Å²) in [6.07, 6.45) is -4.29. The summed E-state index contributed by atoms with van der Waals surface area (Å²) in [4.78, 5) is 0. The molecule has 1 rings (SSSR count). The van der Waals surface area contributed by atoms with E-state index in [1.54, 1.807) is 18.2 Å². The Kier molecular flexibility index (Phi) is 6.41. The lowest BCUT2D eigenvalue weighted by Crippen LogP contribution is -2.23. The molecular weight excluding hydrogens is 283 g/mol. The van der Waals surface area contributed by atoms with Crippen LogP contribution in [0.1, 0.15) is 5.56 Å². The van der Waals surface area contributed by atoms with Crippen LogP contribution in [0.4, 0.5) is 13.2 Å². The highest BCUT2D eigenvalue weighted by molar-refractivity contribution is 6.31. The molecule has 0 unspecified atom stereocenters. The van der Waals surface area contributed by atoms with E-state index in [1.165, 1.54) is 7.11 Å². The van der Waals surface area contributed by atoms with Gasteiger partial charge in [0.25, 0.3) is 0 Å². The van der Waals surface area contributed by atoms with E-state index in [4.69, 9.17) is 16.3 Å². The third kappa shape index (κ3) is 6.13. The van der Waals surface area contributed by atoms with Crippen LogP contribution >= 0.6 is 11.6 Å². The zero-order chi connectivity index (χ0) is 14.3. The van der Waals surface area contributed by atoms with Gasteiger partial charge in [-0.2, -0.15) is 13.2 Å². The summed E-state index contributed by atoms with van der Waals surface area (Å²) in [5.74, 6) is 0.635. The van der Waals surface area contributed by atoms with E-state index >= 15 is 0 Å². The summed E-state index contributed by atoms with van der Waals surface area (Å²) in [6, 6.07) is 5.25. The van der Waals surface area contributed by atoms with Crippen LogP contribution in [0.2, 0.25) is 5.02 Å². The van der Waals surface area contributed by atoms with Crippen LogP contribution < -0.4 is 10.1 Å². The highest BCUT2D eigenvalue weighted by atomic mass is 35.5. The van der Waals surface area contributed by atoms with Crippen LogP contribution in [0.5, 0.6) is 5.75 Å². The Morgan fingerprint density at radius 3 is 2.68 bits per heavy atom. The molecule has 0 bridgehead atoms. The Bertz CT molecular complexity index is 399. The Balaban J connectivity index is 2.30. The molecular formula is C12H15ClF3NO2. The molecule has 0 aromatic heterocycles. The van der Waals surface area contributed by atoms with Crippen molar-refractivity contribution in [2.45, 2.75) is 12.7 Å². The zero-order valence-electron chi connectivity index (χ0n) is 10.4. The Morgan fingerprint density at radius 2 is 2.05 bits per heavy atom. The number of alkyl halides is 3. The first kappa shape index (κ1) is 16.1. The van der Waals surface area contributed by atoms with Crippen LogP contribution in [-0.4, -0.2) is 33.0 Å². The van der Waals surface area contributed by atoms with Crippen molar-refractivity contribution in [2.75, 3.05) is 26.9 Å².